The molecule has 0 radical (unpaired) electrons. The molecule has 4 heteroatoms. The van der Waals surface area contributed by atoms with Crippen LogP contribution in [0.25, 0.3) is 11.1 Å². The molecule has 2 aromatic rings. The van der Waals surface area contributed by atoms with Crippen LogP contribution in [-0.4, -0.2) is 17.6 Å². The van der Waals surface area contributed by atoms with Gasteiger partial charge in [0, 0.05) is 12.1 Å². The maximum atomic E-state index is 6.09. The van der Waals surface area contributed by atoms with Crippen LogP contribution < -0.4 is 10.5 Å². The monoisotopic (exact) mass is 246 g/mol. The van der Waals surface area contributed by atoms with Crippen LogP contribution >= 0.6 is 0 Å². The van der Waals surface area contributed by atoms with Crippen molar-refractivity contribution in [1.29, 1.82) is 0 Å². The predicted octanol–water partition coefficient (Wildman–Crippen LogP) is 2.82. The molecule has 2 unspecified atom stereocenters. The lowest BCUT2D eigenvalue weighted by atomic mass is 10.1. The zero-order valence-corrected chi connectivity index (χ0v) is 10.6. The molecule has 0 amide bonds. The molecule has 1 aliphatic carbocycles. The average molecular weight is 246 g/mol. The SMILES string of the molecule is CCOc1ccc2nc(C3CCCC3N)oc2c1. The van der Waals surface area contributed by atoms with Crippen LogP contribution in [0.5, 0.6) is 5.75 Å². The minimum absolute atomic E-state index is 0.185. The van der Waals surface area contributed by atoms with E-state index in [0.29, 0.717) is 6.61 Å². The molecular formula is C14H18N2O2. The van der Waals surface area contributed by atoms with E-state index in [9.17, 15) is 0 Å². The lowest BCUT2D eigenvalue weighted by Gasteiger charge is -2.09. The molecule has 1 heterocycles. The number of rotatable bonds is 3. The zero-order chi connectivity index (χ0) is 12.5. The summed E-state index contributed by atoms with van der Waals surface area (Å²) in [5.74, 6) is 1.88. The van der Waals surface area contributed by atoms with Gasteiger partial charge in [0.25, 0.3) is 0 Å². The van der Waals surface area contributed by atoms with Crippen molar-refractivity contribution >= 4 is 11.1 Å². The number of fused-ring (bicyclic) bond motifs is 1. The Hall–Kier alpha value is -1.55. The summed E-state index contributed by atoms with van der Waals surface area (Å²) < 4.78 is 11.3. The lowest BCUT2D eigenvalue weighted by molar-refractivity contribution is 0.340. The first-order valence-corrected chi connectivity index (χ1v) is 6.57. The van der Waals surface area contributed by atoms with Gasteiger partial charge in [-0.2, -0.15) is 0 Å². The molecule has 2 atom stereocenters. The van der Waals surface area contributed by atoms with Crippen molar-refractivity contribution in [2.45, 2.75) is 38.1 Å². The number of ether oxygens (including phenoxy) is 1. The molecule has 18 heavy (non-hydrogen) atoms. The molecular weight excluding hydrogens is 228 g/mol. The molecule has 2 N–H and O–H groups in total. The third-order valence-electron chi connectivity index (χ3n) is 3.57. The van der Waals surface area contributed by atoms with Crippen LogP contribution in [0.4, 0.5) is 0 Å². The van der Waals surface area contributed by atoms with Gasteiger partial charge in [-0.25, -0.2) is 4.98 Å². The van der Waals surface area contributed by atoms with Crippen LogP contribution in [0.15, 0.2) is 22.6 Å². The quantitative estimate of drug-likeness (QED) is 0.904. The van der Waals surface area contributed by atoms with Crippen molar-refractivity contribution in [1.82, 2.24) is 4.98 Å². The second kappa shape index (κ2) is 4.61. The number of hydrogen-bond donors (Lipinski definition) is 1. The van der Waals surface area contributed by atoms with E-state index in [-0.39, 0.29) is 12.0 Å². The van der Waals surface area contributed by atoms with Gasteiger partial charge in [0.15, 0.2) is 11.5 Å². The number of nitrogens with two attached hydrogens (primary N) is 1. The summed E-state index contributed by atoms with van der Waals surface area (Å²) in [6.45, 7) is 2.62. The normalized spacial score (nSPS) is 23.7. The highest BCUT2D eigenvalue weighted by Gasteiger charge is 2.29. The Morgan fingerprint density at radius 1 is 1.44 bits per heavy atom. The number of nitrogens with zero attached hydrogens (tertiary/aromatic N) is 1. The van der Waals surface area contributed by atoms with Crippen molar-refractivity contribution in [2.24, 2.45) is 5.73 Å². The molecule has 0 spiro atoms. The summed E-state index contributed by atoms with van der Waals surface area (Å²) in [7, 11) is 0. The first-order valence-electron chi connectivity index (χ1n) is 6.57. The molecule has 1 aliphatic rings. The maximum absolute atomic E-state index is 6.09. The molecule has 1 fully saturated rings. The van der Waals surface area contributed by atoms with Crippen LogP contribution in [0.3, 0.4) is 0 Å². The van der Waals surface area contributed by atoms with Gasteiger partial charge in [0.05, 0.1) is 12.5 Å². The first-order chi connectivity index (χ1) is 8.78. The summed E-state index contributed by atoms with van der Waals surface area (Å²) in [5.41, 5.74) is 7.75. The fraction of sp³-hybridized carbons (Fsp3) is 0.500. The van der Waals surface area contributed by atoms with E-state index in [4.69, 9.17) is 14.9 Å². The Morgan fingerprint density at radius 3 is 3.06 bits per heavy atom. The summed E-state index contributed by atoms with van der Waals surface area (Å²) >= 11 is 0. The fourth-order valence-corrected chi connectivity index (χ4v) is 2.63. The van der Waals surface area contributed by atoms with E-state index in [0.717, 1.165) is 42.0 Å². The minimum atomic E-state index is 0.185. The number of benzene rings is 1. The Balaban J connectivity index is 1.95. The number of aromatic nitrogens is 1. The zero-order valence-electron chi connectivity index (χ0n) is 10.6. The van der Waals surface area contributed by atoms with Gasteiger partial charge < -0.3 is 14.9 Å². The van der Waals surface area contributed by atoms with Gasteiger partial charge in [0.2, 0.25) is 0 Å². The third-order valence-corrected chi connectivity index (χ3v) is 3.57. The topological polar surface area (TPSA) is 61.3 Å². The number of hydrogen-bond acceptors (Lipinski definition) is 4. The van der Waals surface area contributed by atoms with E-state index in [2.05, 4.69) is 4.98 Å². The van der Waals surface area contributed by atoms with Gasteiger partial charge in [0.1, 0.15) is 11.3 Å². The van der Waals surface area contributed by atoms with Crippen LogP contribution in [-0.2, 0) is 0 Å². The van der Waals surface area contributed by atoms with E-state index >= 15 is 0 Å². The summed E-state index contributed by atoms with van der Waals surface area (Å²) in [5, 5.41) is 0. The second-order valence-electron chi connectivity index (χ2n) is 4.82. The first kappa shape index (κ1) is 11.5. The smallest absolute Gasteiger partial charge is 0.200 e. The Morgan fingerprint density at radius 2 is 2.33 bits per heavy atom. The molecule has 1 aromatic carbocycles. The summed E-state index contributed by atoms with van der Waals surface area (Å²) in [6.07, 6.45) is 3.30. The second-order valence-corrected chi connectivity index (χ2v) is 4.82. The highest BCUT2D eigenvalue weighted by Crippen LogP contribution is 2.34. The van der Waals surface area contributed by atoms with Crippen LogP contribution in [0.2, 0.25) is 0 Å². The molecule has 0 bridgehead atoms. The van der Waals surface area contributed by atoms with Crippen molar-refractivity contribution in [3.8, 4) is 5.75 Å². The highest BCUT2D eigenvalue weighted by atomic mass is 16.5. The fourth-order valence-electron chi connectivity index (χ4n) is 2.63. The van der Waals surface area contributed by atoms with Gasteiger partial charge >= 0.3 is 0 Å². The van der Waals surface area contributed by atoms with E-state index in [1.807, 2.05) is 25.1 Å². The molecule has 1 saturated carbocycles. The van der Waals surface area contributed by atoms with E-state index in [1.165, 1.54) is 0 Å². The van der Waals surface area contributed by atoms with Gasteiger partial charge in [-0.3, -0.25) is 0 Å². The largest absolute Gasteiger partial charge is 0.494 e. The Labute approximate surface area is 106 Å². The Kier molecular flexibility index (Phi) is 2.96. The number of oxazole rings is 1. The van der Waals surface area contributed by atoms with Gasteiger partial charge in [-0.05, 0) is 31.9 Å². The lowest BCUT2D eigenvalue weighted by Crippen LogP contribution is -2.22. The van der Waals surface area contributed by atoms with E-state index in [1.54, 1.807) is 0 Å². The highest BCUT2D eigenvalue weighted by molar-refractivity contribution is 5.74. The van der Waals surface area contributed by atoms with Crippen molar-refractivity contribution < 1.29 is 9.15 Å². The van der Waals surface area contributed by atoms with Crippen LogP contribution in [0.1, 0.15) is 38.0 Å². The minimum Gasteiger partial charge on any atom is -0.494 e. The molecule has 3 rings (SSSR count). The molecule has 0 aliphatic heterocycles. The van der Waals surface area contributed by atoms with Crippen molar-refractivity contribution in [3.63, 3.8) is 0 Å². The molecule has 96 valence electrons. The standard InChI is InChI=1S/C14H18N2O2/c1-2-17-9-6-7-12-13(8-9)18-14(16-12)10-4-3-5-11(10)15/h6-8,10-11H,2-5,15H2,1H3. The van der Waals surface area contributed by atoms with Gasteiger partial charge in [-0.1, -0.05) is 6.42 Å². The molecule has 1 aromatic heterocycles. The summed E-state index contributed by atoms with van der Waals surface area (Å²) in [6, 6.07) is 5.94. The van der Waals surface area contributed by atoms with Crippen molar-refractivity contribution in [3.05, 3.63) is 24.1 Å². The third kappa shape index (κ3) is 1.97. The molecule has 4 nitrogen and oxygen atoms in total. The van der Waals surface area contributed by atoms with Crippen molar-refractivity contribution in [2.75, 3.05) is 6.61 Å². The van der Waals surface area contributed by atoms with Gasteiger partial charge in [-0.15, -0.1) is 0 Å². The van der Waals surface area contributed by atoms with E-state index < -0.39 is 0 Å². The predicted molar refractivity (Wildman–Crippen MR) is 69.7 cm³/mol. The summed E-state index contributed by atoms with van der Waals surface area (Å²) in [4.78, 5) is 4.54. The van der Waals surface area contributed by atoms with Crippen LogP contribution in [0, 0.1) is 0 Å². The maximum Gasteiger partial charge on any atom is 0.200 e. The molecule has 0 saturated heterocycles. The average Bonchev–Trinajstić information content (AvgIpc) is 2.94. The Bertz CT molecular complexity index is 550.